The molecule has 0 bridgehead atoms. The second kappa shape index (κ2) is 6.18. The summed E-state index contributed by atoms with van der Waals surface area (Å²) in [5, 5.41) is 12.7. The number of aliphatic carboxylic acids is 1. The van der Waals surface area contributed by atoms with Crippen molar-refractivity contribution in [3.05, 3.63) is 58.6 Å². The van der Waals surface area contributed by atoms with Crippen LogP contribution in [0.3, 0.4) is 0 Å². The SMILES string of the molecule is COc1ccc(NC(C)(C(=O)O)c2ccc(Br)cc2)cc1. The Bertz CT molecular complexity index is 625. The summed E-state index contributed by atoms with van der Waals surface area (Å²) in [5.41, 5.74) is 0.174. The van der Waals surface area contributed by atoms with Gasteiger partial charge in [0.05, 0.1) is 7.11 Å². The van der Waals surface area contributed by atoms with Crippen LogP contribution >= 0.6 is 15.9 Å². The van der Waals surface area contributed by atoms with Crippen molar-refractivity contribution in [2.75, 3.05) is 12.4 Å². The lowest BCUT2D eigenvalue weighted by atomic mass is 9.91. The number of methoxy groups -OCH3 is 1. The van der Waals surface area contributed by atoms with E-state index in [4.69, 9.17) is 4.74 Å². The average molecular weight is 350 g/mol. The Morgan fingerprint density at radius 1 is 1.14 bits per heavy atom. The minimum atomic E-state index is -1.21. The van der Waals surface area contributed by atoms with E-state index in [1.54, 1.807) is 50.4 Å². The van der Waals surface area contributed by atoms with Crippen molar-refractivity contribution < 1.29 is 14.6 Å². The van der Waals surface area contributed by atoms with Gasteiger partial charge in [-0.3, -0.25) is 0 Å². The zero-order valence-corrected chi connectivity index (χ0v) is 13.3. The third-order valence-electron chi connectivity index (χ3n) is 3.33. The number of halogens is 1. The maximum atomic E-state index is 11.7. The van der Waals surface area contributed by atoms with Crippen LogP contribution in [0.1, 0.15) is 12.5 Å². The molecule has 0 radical (unpaired) electrons. The molecular weight excluding hydrogens is 334 g/mol. The number of rotatable bonds is 5. The molecule has 0 aliphatic heterocycles. The minimum Gasteiger partial charge on any atom is -0.497 e. The number of carboxylic acids is 1. The van der Waals surface area contributed by atoms with E-state index < -0.39 is 11.5 Å². The van der Waals surface area contributed by atoms with Crippen molar-refractivity contribution in [1.29, 1.82) is 0 Å². The lowest BCUT2D eigenvalue weighted by Gasteiger charge is -2.28. The Morgan fingerprint density at radius 3 is 2.19 bits per heavy atom. The molecule has 5 heteroatoms. The summed E-state index contributed by atoms with van der Waals surface area (Å²) in [7, 11) is 1.59. The number of carboxylic acid groups (broad SMARTS) is 1. The van der Waals surface area contributed by atoms with Gasteiger partial charge in [-0.1, -0.05) is 28.1 Å². The maximum absolute atomic E-state index is 11.7. The van der Waals surface area contributed by atoms with Crippen LogP contribution in [0, 0.1) is 0 Å². The number of nitrogens with one attached hydrogen (secondary N) is 1. The highest BCUT2D eigenvalue weighted by molar-refractivity contribution is 9.10. The van der Waals surface area contributed by atoms with Crippen LogP contribution in [-0.2, 0) is 10.3 Å². The zero-order chi connectivity index (χ0) is 15.5. The van der Waals surface area contributed by atoms with E-state index in [9.17, 15) is 9.90 Å². The number of carbonyl (C=O) groups is 1. The summed E-state index contributed by atoms with van der Waals surface area (Å²) in [6.07, 6.45) is 0. The molecule has 4 nitrogen and oxygen atoms in total. The molecule has 0 saturated carbocycles. The summed E-state index contributed by atoms with van der Waals surface area (Å²) in [6.45, 7) is 1.64. The Hall–Kier alpha value is -2.01. The van der Waals surface area contributed by atoms with Crippen molar-refractivity contribution >= 4 is 27.6 Å². The first-order valence-electron chi connectivity index (χ1n) is 6.37. The first-order valence-corrected chi connectivity index (χ1v) is 7.16. The molecule has 0 heterocycles. The molecule has 1 atom stereocenters. The van der Waals surface area contributed by atoms with Gasteiger partial charge in [0, 0.05) is 10.2 Å². The molecule has 0 aromatic heterocycles. The monoisotopic (exact) mass is 349 g/mol. The molecule has 2 aromatic carbocycles. The van der Waals surface area contributed by atoms with Gasteiger partial charge in [0.25, 0.3) is 0 Å². The molecule has 2 aromatic rings. The highest BCUT2D eigenvalue weighted by atomic mass is 79.9. The zero-order valence-electron chi connectivity index (χ0n) is 11.8. The fraction of sp³-hybridized carbons (Fsp3) is 0.188. The molecule has 2 rings (SSSR count). The van der Waals surface area contributed by atoms with Crippen molar-refractivity contribution in [3.63, 3.8) is 0 Å². The Kier molecular flexibility index (Phi) is 4.53. The normalized spacial score (nSPS) is 13.3. The van der Waals surface area contributed by atoms with Crippen molar-refractivity contribution in [2.24, 2.45) is 0 Å². The van der Waals surface area contributed by atoms with Gasteiger partial charge in [0.2, 0.25) is 0 Å². The van der Waals surface area contributed by atoms with Crippen molar-refractivity contribution in [2.45, 2.75) is 12.5 Å². The molecule has 0 spiro atoms. The van der Waals surface area contributed by atoms with Crippen LogP contribution < -0.4 is 10.1 Å². The summed E-state index contributed by atoms with van der Waals surface area (Å²) in [5.74, 6) is -0.220. The van der Waals surface area contributed by atoms with Gasteiger partial charge in [-0.2, -0.15) is 0 Å². The molecule has 0 aliphatic rings. The first kappa shape index (κ1) is 15.4. The summed E-state index contributed by atoms with van der Waals surface area (Å²) in [4.78, 5) is 11.7. The number of ether oxygens (including phenoxy) is 1. The molecule has 21 heavy (non-hydrogen) atoms. The van der Waals surface area contributed by atoms with Crippen LogP contribution in [-0.4, -0.2) is 18.2 Å². The van der Waals surface area contributed by atoms with E-state index in [1.165, 1.54) is 0 Å². The van der Waals surface area contributed by atoms with Gasteiger partial charge in [0.1, 0.15) is 5.75 Å². The quantitative estimate of drug-likeness (QED) is 0.860. The molecule has 0 amide bonds. The third-order valence-corrected chi connectivity index (χ3v) is 3.86. The summed E-state index contributed by atoms with van der Waals surface area (Å²) < 4.78 is 6.00. The predicted molar refractivity (Wildman–Crippen MR) is 85.7 cm³/mol. The molecular formula is C16H16BrNO3. The van der Waals surface area contributed by atoms with Gasteiger partial charge in [0.15, 0.2) is 5.54 Å². The van der Waals surface area contributed by atoms with Gasteiger partial charge in [-0.25, -0.2) is 4.79 Å². The van der Waals surface area contributed by atoms with E-state index >= 15 is 0 Å². The Labute approximate surface area is 131 Å². The Balaban J connectivity index is 2.33. The van der Waals surface area contributed by atoms with E-state index in [-0.39, 0.29) is 0 Å². The lowest BCUT2D eigenvalue weighted by Crippen LogP contribution is -2.40. The van der Waals surface area contributed by atoms with E-state index in [2.05, 4.69) is 21.2 Å². The van der Waals surface area contributed by atoms with Crippen molar-refractivity contribution in [3.8, 4) is 5.75 Å². The molecule has 110 valence electrons. The smallest absolute Gasteiger partial charge is 0.333 e. The maximum Gasteiger partial charge on any atom is 0.333 e. The highest BCUT2D eigenvalue weighted by Gasteiger charge is 2.35. The van der Waals surface area contributed by atoms with Gasteiger partial charge >= 0.3 is 5.97 Å². The van der Waals surface area contributed by atoms with E-state index in [0.717, 1.165) is 10.2 Å². The van der Waals surface area contributed by atoms with E-state index in [0.29, 0.717) is 11.3 Å². The number of benzene rings is 2. The van der Waals surface area contributed by atoms with Gasteiger partial charge < -0.3 is 15.2 Å². The minimum absolute atomic E-state index is 0.675. The molecule has 2 N–H and O–H groups in total. The number of hydrogen-bond donors (Lipinski definition) is 2. The Morgan fingerprint density at radius 2 is 1.71 bits per heavy atom. The number of anilines is 1. The standard InChI is InChI=1S/C16H16BrNO3/c1-16(15(19)20,11-3-5-12(17)6-4-11)18-13-7-9-14(21-2)10-8-13/h3-10,18H,1-2H3,(H,19,20). The van der Waals surface area contributed by atoms with Crippen LogP contribution in [0.15, 0.2) is 53.0 Å². The fourth-order valence-corrected chi connectivity index (χ4v) is 2.26. The molecule has 1 unspecified atom stereocenters. The first-order chi connectivity index (χ1) is 9.95. The predicted octanol–water partition coefficient (Wildman–Crippen LogP) is 3.87. The molecule has 0 saturated heterocycles. The summed E-state index contributed by atoms with van der Waals surface area (Å²) >= 11 is 3.35. The average Bonchev–Trinajstić information content (AvgIpc) is 2.48. The van der Waals surface area contributed by atoms with Crippen LogP contribution in [0.5, 0.6) is 5.75 Å². The molecule has 0 aliphatic carbocycles. The summed E-state index contributed by atoms with van der Waals surface area (Å²) in [6, 6.07) is 14.4. The second-order valence-corrected chi connectivity index (χ2v) is 5.71. The van der Waals surface area contributed by atoms with Crippen molar-refractivity contribution in [1.82, 2.24) is 0 Å². The fourth-order valence-electron chi connectivity index (χ4n) is 2.00. The largest absolute Gasteiger partial charge is 0.497 e. The van der Waals surface area contributed by atoms with Gasteiger partial charge in [-0.15, -0.1) is 0 Å². The highest BCUT2D eigenvalue weighted by Crippen LogP contribution is 2.28. The van der Waals surface area contributed by atoms with Crippen LogP contribution in [0.25, 0.3) is 0 Å². The topological polar surface area (TPSA) is 58.6 Å². The van der Waals surface area contributed by atoms with E-state index in [1.807, 2.05) is 12.1 Å². The lowest BCUT2D eigenvalue weighted by molar-refractivity contribution is -0.142. The van der Waals surface area contributed by atoms with Gasteiger partial charge in [-0.05, 0) is 48.9 Å². The van der Waals surface area contributed by atoms with Crippen LogP contribution in [0.2, 0.25) is 0 Å². The van der Waals surface area contributed by atoms with Crippen LogP contribution in [0.4, 0.5) is 5.69 Å². The molecule has 0 fully saturated rings. The second-order valence-electron chi connectivity index (χ2n) is 4.79. The third kappa shape index (κ3) is 3.36. The number of hydrogen-bond acceptors (Lipinski definition) is 3.